The van der Waals surface area contributed by atoms with Crippen LogP contribution in [0.3, 0.4) is 0 Å². The van der Waals surface area contributed by atoms with Crippen molar-refractivity contribution in [2.75, 3.05) is 31.9 Å². The van der Waals surface area contributed by atoms with Crippen LogP contribution in [0.25, 0.3) is 11.4 Å². The van der Waals surface area contributed by atoms with Gasteiger partial charge in [0.25, 0.3) is 0 Å². The molecule has 10 heteroatoms. The Hall–Kier alpha value is -2.72. The number of benzene rings is 2. The Morgan fingerprint density at radius 3 is 2.77 bits per heavy atom. The van der Waals surface area contributed by atoms with Gasteiger partial charge in [-0.15, -0.1) is 10.2 Å². The molecule has 2 N–H and O–H groups in total. The first-order chi connectivity index (χ1) is 14.5. The molecule has 1 aliphatic rings. The molecule has 0 spiro atoms. The lowest BCUT2D eigenvalue weighted by molar-refractivity contribution is -0.127. The number of hydrogen-bond donors (Lipinski definition) is 1. The van der Waals surface area contributed by atoms with Crippen LogP contribution >= 0.6 is 27.7 Å². The van der Waals surface area contributed by atoms with E-state index in [0.717, 1.165) is 21.3 Å². The Morgan fingerprint density at radius 2 is 1.97 bits per heavy atom. The van der Waals surface area contributed by atoms with Crippen molar-refractivity contribution >= 4 is 33.6 Å². The molecule has 1 aliphatic heterocycles. The van der Waals surface area contributed by atoms with Gasteiger partial charge in [-0.3, -0.25) is 4.79 Å². The number of amides is 1. The van der Waals surface area contributed by atoms with Gasteiger partial charge in [-0.05, 0) is 29.8 Å². The van der Waals surface area contributed by atoms with Crippen molar-refractivity contribution in [3.05, 3.63) is 52.5 Å². The topological polar surface area (TPSA) is 95.5 Å². The van der Waals surface area contributed by atoms with Gasteiger partial charge in [0.2, 0.25) is 11.1 Å². The van der Waals surface area contributed by atoms with Gasteiger partial charge >= 0.3 is 0 Å². The number of nitrogens with zero attached hydrogens (tertiary/aromatic N) is 4. The molecule has 0 saturated heterocycles. The van der Waals surface area contributed by atoms with Gasteiger partial charge in [-0.2, -0.15) is 0 Å². The lowest BCUT2D eigenvalue weighted by Crippen LogP contribution is -2.28. The van der Waals surface area contributed by atoms with Gasteiger partial charge in [-0.1, -0.05) is 45.9 Å². The standard InChI is InChI=1S/C20H20BrN5O3S/c1-25(11-13-6-7-16-17(10-13)29-9-8-28-16)18(27)12-30-20-24-23-19(26(20)22)14-4-2-3-5-15(14)21/h2-7,10H,8-9,11-12,22H2,1H3. The molecule has 8 nitrogen and oxygen atoms in total. The summed E-state index contributed by atoms with van der Waals surface area (Å²) in [4.78, 5) is 14.3. The second kappa shape index (κ2) is 8.97. The van der Waals surface area contributed by atoms with Crippen molar-refractivity contribution in [2.24, 2.45) is 0 Å². The van der Waals surface area contributed by atoms with Gasteiger partial charge in [0.1, 0.15) is 13.2 Å². The van der Waals surface area contributed by atoms with Gasteiger partial charge in [-0.25, -0.2) is 4.68 Å². The third kappa shape index (κ3) is 4.39. The Morgan fingerprint density at radius 1 is 1.20 bits per heavy atom. The maximum Gasteiger partial charge on any atom is 0.233 e. The number of ether oxygens (including phenoxy) is 2. The molecule has 156 valence electrons. The summed E-state index contributed by atoms with van der Waals surface area (Å²) in [5.41, 5.74) is 1.81. The summed E-state index contributed by atoms with van der Waals surface area (Å²) in [6.07, 6.45) is 0. The van der Waals surface area contributed by atoms with Crippen molar-refractivity contribution < 1.29 is 14.3 Å². The van der Waals surface area contributed by atoms with Crippen LogP contribution in [0.5, 0.6) is 11.5 Å². The van der Waals surface area contributed by atoms with Crippen LogP contribution in [0.15, 0.2) is 52.1 Å². The molecule has 0 atom stereocenters. The van der Waals surface area contributed by atoms with E-state index < -0.39 is 0 Å². The van der Waals surface area contributed by atoms with Crippen molar-refractivity contribution in [1.82, 2.24) is 19.8 Å². The van der Waals surface area contributed by atoms with Crippen LogP contribution in [0.4, 0.5) is 0 Å². The molecule has 1 amide bonds. The average molecular weight is 490 g/mol. The van der Waals surface area contributed by atoms with E-state index in [1.165, 1.54) is 16.4 Å². The van der Waals surface area contributed by atoms with Crippen LogP contribution in [-0.2, 0) is 11.3 Å². The van der Waals surface area contributed by atoms with Gasteiger partial charge < -0.3 is 20.2 Å². The predicted octanol–water partition coefficient (Wildman–Crippen LogP) is 2.94. The fourth-order valence-electron chi connectivity index (χ4n) is 2.99. The molecule has 1 aromatic heterocycles. The molecule has 0 saturated carbocycles. The highest BCUT2D eigenvalue weighted by atomic mass is 79.9. The minimum Gasteiger partial charge on any atom is -0.486 e. The Kier molecular flexibility index (Phi) is 6.14. The van der Waals surface area contributed by atoms with Crippen LogP contribution < -0.4 is 15.3 Å². The molecule has 2 heterocycles. The maximum absolute atomic E-state index is 12.6. The van der Waals surface area contributed by atoms with Crippen LogP contribution in [0.2, 0.25) is 0 Å². The summed E-state index contributed by atoms with van der Waals surface area (Å²) in [5.74, 6) is 8.29. The number of carbonyl (C=O) groups excluding carboxylic acids is 1. The van der Waals surface area contributed by atoms with Crippen molar-refractivity contribution in [2.45, 2.75) is 11.7 Å². The van der Waals surface area contributed by atoms with E-state index in [4.69, 9.17) is 15.3 Å². The largest absolute Gasteiger partial charge is 0.486 e. The minimum absolute atomic E-state index is 0.0414. The van der Waals surface area contributed by atoms with Crippen LogP contribution in [0, 0.1) is 0 Å². The van der Waals surface area contributed by atoms with E-state index in [1.54, 1.807) is 11.9 Å². The first-order valence-electron chi connectivity index (χ1n) is 9.23. The predicted molar refractivity (Wildman–Crippen MR) is 118 cm³/mol. The van der Waals surface area contributed by atoms with Gasteiger partial charge in [0.05, 0.1) is 5.75 Å². The molecular formula is C20H20BrN5O3S. The molecule has 0 aliphatic carbocycles. The molecule has 0 fully saturated rings. The second-order valence-electron chi connectivity index (χ2n) is 6.67. The third-order valence-corrected chi connectivity index (χ3v) is 6.18. The average Bonchev–Trinajstić information content (AvgIpc) is 3.12. The first kappa shape index (κ1) is 20.5. The summed E-state index contributed by atoms with van der Waals surface area (Å²) in [6, 6.07) is 13.3. The molecule has 0 unspecified atom stereocenters. The number of carbonyl (C=O) groups is 1. The molecule has 30 heavy (non-hydrogen) atoms. The normalized spacial score (nSPS) is 12.6. The van der Waals surface area contributed by atoms with Gasteiger partial charge in [0, 0.05) is 23.6 Å². The zero-order valence-corrected chi connectivity index (χ0v) is 18.6. The van der Waals surface area contributed by atoms with E-state index in [2.05, 4.69) is 26.1 Å². The van der Waals surface area contributed by atoms with E-state index in [0.29, 0.717) is 36.5 Å². The third-order valence-electron chi connectivity index (χ3n) is 4.56. The number of nitrogens with two attached hydrogens (primary N) is 1. The number of nitrogen functional groups attached to an aromatic ring is 1. The molecule has 3 aromatic rings. The molecule has 0 radical (unpaired) electrons. The lowest BCUT2D eigenvalue weighted by atomic mass is 10.2. The summed E-state index contributed by atoms with van der Waals surface area (Å²) in [5, 5.41) is 8.76. The van der Waals surface area contributed by atoms with E-state index in [1.807, 2.05) is 42.5 Å². The number of fused-ring (bicyclic) bond motifs is 1. The van der Waals surface area contributed by atoms with Crippen LogP contribution in [0.1, 0.15) is 5.56 Å². The number of aromatic nitrogens is 3. The molecule has 0 bridgehead atoms. The Labute approximate surface area is 186 Å². The fourth-order valence-corrected chi connectivity index (χ4v) is 4.25. The lowest BCUT2D eigenvalue weighted by Gasteiger charge is -2.21. The molecular weight excluding hydrogens is 470 g/mol. The zero-order valence-electron chi connectivity index (χ0n) is 16.2. The summed E-state index contributed by atoms with van der Waals surface area (Å²) in [7, 11) is 1.76. The summed E-state index contributed by atoms with van der Waals surface area (Å²) < 4.78 is 13.4. The van der Waals surface area contributed by atoms with Crippen molar-refractivity contribution in [3.8, 4) is 22.9 Å². The van der Waals surface area contributed by atoms with E-state index in [-0.39, 0.29) is 11.7 Å². The monoisotopic (exact) mass is 489 g/mol. The Bertz CT molecular complexity index is 1070. The van der Waals surface area contributed by atoms with E-state index >= 15 is 0 Å². The second-order valence-corrected chi connectivity index (χ2v) is 8.47. The number of halogens is 1. The molecule has 2 aromatic carbocycles. The highest BCUT2D eigenvalue weighted by Crippen LogP contribution is 2.31. The highest BCUT2D eigenvalue weighted by Gasteiger charge is 2.18. The number of thioether (sulfide) groups is 1. The highest BCUT2D eigenvalue weighted by molar-refractivity contribution is 9.10. The fraction of sp³-hybridized carbons (Fsp3) is 0.250. The number of hydrogen-bond acceptors (Lipinski definition) is 7. The quantitative estimate of drug-likeness (QED) is 0.419. The SMILES string of the molecule is CN(Cc1ccc2c(c1)OCCO2)C(=O)CSc1nnc(-c2ccccc2Br)n1N. The minimum atomic E-state index is -0.0414. The smallest absolute Gasteiger partial charge is 0.233 e. The van der Waals surface area contributed by atoms with E-state index in [9.17, 15) is 4.79 Å². The zero-order chi connectivity index (χ0) is 21.1. The maximum atomic E-state index is 12.6. The van der Waals surface area contributed by atoms with Crippen molar-refractivity contribution in [1.29, 1.82) is 0 Å². The molecule has 4 rings (SSSR count). The van der Waals surface area contributed by atoms with Crippen LogP contribution in [-0.4, -0.2) is 51.7 Å². The first-order valence-corrected chi connectivity index (χ1v) is 11.0. The number of rotatable bonds is 6. The van der Waals surface area contributed by atoms with Gasteiger partial charge in [0.15, 0.2) is 17.3 Å². The summed E-state index contributed by atoms with van der Waals surface area (Å²) >= 11 is 4.74. The summed E-state index contributed by atoms with van der Waals surface area (Å²) in [6.45, 7) is 1.55. The van der Waals surface area contributed by atoms with Crippen molar-refractivity contribution in [3.63, 3.8) is 0 Å². The Balaban J connectivity index is 1.37.